The SMILES string of the molecule is CCOc1ccccc1NC(=O)c1cnc(-c2ccc(F)cc2)nc1C. The Kier molecular flexibility index (Phi) is 5.22. The normalized spacial score (nSPS) is 10.4. The van der Waals surface area contributed by atoms with Crippen molar-refractivity contribution in [2.24, 2.45) is 0 Å². The van der Waals surface area contributed by atoms with Gasteiger partial charge in [-0.1, -0.05) is 12.1 Å². The van der Waals surface area contributed by atoms with E-state index in [0.29, 0.717) is 40.7 Å². The molecule has 0 aliphatic rings. The largest absolute Gasteiger partial charge is 0.492 e. The van der Waals surface area contributed by atoms with Gasteiger partial charge < -0.3 is 10.1 Å². The van der Waals surface area contributed by atoms with Crippen molar-refractivity contribution in [2.75, 3.05) is 11.9 Å². The maximum absolute atomic E-state index is 13.0. The predicted molar refractivity (Wildman–Crippen MR) is 97.7 cm³/mol. The fourth-order valence-electron chi connectivity index (χ4n) is 2.47. The summed E-state index contributed by atoms with van der Waals surface area (Å²) in [6.45, 7) is 4.12. The number of aromatic nitrogens is 2. The number of para-hydroxylation sites is 2. The van der Waals surface area contributed by atoms with Gasteiger partial charge in [-0.15, -0.1) is 0 Å². The summed E-state index contributed by atoms with van der Waals surface area (Å²) in [7, 11) is 0. The van der Waals surface area contributed by atoms with Gasteiger partial charge in [-0.3, -0.25) is 4.79 Å². The zero-order valence-corrected chi connectivity index (χ0v) is 14.5. The van der Waals surface area contributed by atoms with Crippen molar-refractivity contribution in [3.8, 4) is 17.1 Å². The number of nitrogens with one attached hydrogen (secondary N) is 1. The van der Waals surface area contributed by atoms with E-state index in [1.165, 1.54) is 18.3 Å². The third-order valence-electron chi connectivity index (χ3n) is 3.76. The lowest BCUT2D eigenvalue weighted by atomic mass is 10.1. The summed E-state index contributed by atoms with van der Waals surface area (Å²) in [4.78, 5) is 21.2. The van der Waals surface area contributed by atoms with Crippen molar-refractivity contribution in [2.45, 2.75) is 13.8 Å². The Hall–Kier alpha value is -3.28. The molecule has 0 spiro atoms. The van der Waals surface area contributed by atoms with Gasteiger partial charge in [0.25, 0.3) is 5.91 Å². The highest BCUT2D eigenvalue weighted by Crippen LogP contribution is 2.25. The van der Waals surface area contributed by atoms with Gasteiger partial charge in [0, 0.05) is 11.8 Å². The molecule has 26 heavy (non-hydrogen) atoms. The molecule has 132 valence electrons. The molecule has 3 rings (SSSR count). The molecule has 0 unspecified atom stereocenters. The molecule has 0 saturated heterocycles. The summed E-state index contributed by atoms with van der Waals surface area (Å²) in [6, 6.07) is 13.1. The number of hydrogen-bond donors (Lipinski definition) is 1. The van der Waals surface area contributed by atoms with Crippen LogP contribution in [0.4, 0.5) is 10.1 Å². The van der Waals surface area contributed by atoms with Crippen molar-refractivity contribution < 1.29 is 13.9 Å². The second kappa shape index (κ2) is 7.74. The fourth-order valence-corrected chi connectivity index (χ4v) is 2.47. The summed E-state index contributed by atoms with van der Waals surface area (Å²) in [5, 5.41) is 2.83. The monoisotopic (exact) mass is 351 g/mol. The number of aryl methyl sites for hydroxylation is 1. The summed E-state index contributed by atoms with van der Waals surface area (Å²) >= 11 is 0. The molecule has 0 saturated carbocycles. The van der Waals surface area contributed by atoms with Gasteiger partial charge in [0.15, 0.2) is 5.82 Å². The van der Waals surface area contributed by atoms with Crippen molar-refractivity contribution >= 4 is 11.6 Å². The van der Waals surface area contributed by atoms with Crippen LogP contribution in [0.3, 0.4) is 0 Å². The van der Waals surface area contributed by atoms with E-state index < -0.39 is 0 Å². The van der Waals surface area contributed by atoms with E-state index in [0.717, 1.165) is 0 Å². The van der Waals surface area contributed by atoms with Gasteiger partial charge in [0.2, 0.25) is 0 Å². The Bertz CT molecular complexity index is 927. The molecule has 0 bridgehead atoms. The first kappa shape index (κ1) is 17.5. The molecular formula is C20H18FN3O2. The summed E-state index contributed by atoms with van der Waals surface area (Å²) in [5.41, 5.74) is 2.16. The van der Waals surface area contributed by atoms with Crippen LogP contribution in [0.1, 0.15) is 23.0 Å². The van der Waals surface area contributed by atoms with Gasteiger partial charge in [-0.2, -0.15) is 0 Å². The van der Waals surface area contributed by atoms with E-state index in [-0.39, 0.29) is 11.7 Å². The average molecular weight is 351 g/mol. The van der Waals surface area contributed by atoms with Gasteiger partial charge in [0.1, 0.15) is 11.6 Å². The summed E-state index contributed by atoms with van der Waals surface area (Å²) in [5.74, 6) is 0.397. The van der Waals surface area contributed by atoms with Crippen molar-refractivity contribution in [3.05, 3.63) is 71.8 Å². The molecular weight excluding hydrogens is 333 g/mol. The van der Waals surface area contributed by atoms with E-state index in [1.807, 2.05) is 19.1 Å². The number of amides is 1. The van der Waals surface area contributed by atoms with Crippen LogP contribution in [0.15, 0.2) is 54.7 Å². The Morgan fingerprint density at radius 2 is 1.88 bits per heavy atom. The third kappa shape index (κ3) is 3.85. The average Bonchev–Trinajstić information content (AvgIpc) is 2.64. The molecule has 1 heterocycles. The van der Waals surface area contributed by atoms with Crippen molar-refractivity contribution in [3.63, 3.8) is 0 Å². The molecule has 3 aromatic rings. The highest BCUT2D eigenvalue weighted by molar-refractivity contribution is 6.05. The van der Waals surface area contributed by atoms with Gasteiger partial charge >= 0.3 is 0 Å². The van der Waals surface area contributed by atoms with E-state index in [2.05, 4.69) is 15.3 Å². The second-order valence-corrected chi connectivity index (χ2v) is 5.58. The number of rotatable bonds is 5. The molecule has 0 aliphatic carbocycles. The molecule has 5 nitrogen and oxygen atoms in total. The Balaban J connectivity index is 1.83. The van der Waals surface area contributed by atoms with Crippen molar-refractivity contribution in [1.82, 2.24) is 9.97 Å². The second-order valence-electron chi connectivity index (χ2n) is 5.58. The lowest BCUT2D eigenvalue weighted by molar-refractivity contribution is 0.102. The summed E-state index contributed by atoms with van der Waals surface area (Å²) < 4.78 is 18.6. The maximum Gasteiger partial charge on any atom is 0.259 e. The van der Waals surface area contributed by atoms with E-state index >= 15 is 0 Å². The third-order valence-corrected chi connectivity index (χ3v) is 3.76. The van der Waals surface area contributed by atoms with E-state index in [9.17, 15) is 9.18 Å². The van der Waals surface area contributed by atoms with Crippen LogP contribution < -0.4 is 10.1 Å². The quantitative estimate of drug-likeness (QED) is 0.747. The molecule has 0 fully saturated rings. The molecule has 6 heteroatoms. The number of hydrogen-bond acceptors (Lipinski definition) is 4. The van der Waals surface area contributed by atoms with Crippen LogP contribution >= 0.6 is 0 Å². The van der Waals surface area contributed by atoms with Crippen LogP contribution in [-0.4, -0.2) is 22.5 Å². The molecule has 0 radical (unpaired) electrons. The number of benzene rings is 2. The number of nitrogens with zero attached hydrogens (tertiary/aromatic N) is 2. The molecule has 1 aromatic heterocycles. The highest BCUT2D eigenvalue weighted by Gasteiger charge is 2.14. The van der Waals surface area contributed by atoms with Crippen LogP contribution in [-0.2, 0) is 0 Å². The predicted octanol–water partition coefficient (Wildman–Crippen LogP) is 4.24. The lowest BCUT2D eigenvalue weighted by Gasteiger charge is -2.12. The number of anilines is 1. The minimum atomic E-state index is -0.325. The van der Waals surface area contributed by atoms with Crippen LogP contribution in [0.2, 0.25) is 0 Å². The zero-order valence-electron chi connectivity index (χ0n) is 14.5. The number of carbonyl (C=O) groups is 1. The molecule has 0 atom stereocenters. The van der Waals surface area contributed by atoms with Crippen LogP contribution in [0, 0.1) is 12.7 Å². The van der Waals surface area contributed by atoms with Crippen LogP contribution in [0.25, 0.3) is 11.4 Å². The lowest BCUT2D eigenvalue weighted by Crippen LogP contribution is -2.15. The fraction of sp³-hybridized carbons (Fsp3) is 0.150. The zero-order chi connectivity index (χ0) is 18.5. The van der Waals surface area contributed by atoms with E-state index in [1.54, 1.807) is 31.2 Å². The molecule has 1 N–H and O–H groups in total. The smallest absolute Gasteiger partial charge is 0.259 e. The standard InChI is InChI=1S/C20H18FN3O2/c1-3-26-18-7-5-4-6-17(18)24-20(25)16-12-22-19(23-13(16)2)14-8-10-15(21)11-9-14/h4-12H,3H2,1-2H3,(H,24,25). The first-order valence-corrected chi connectivity index (χ1v) is 8.21. The molecule has 1 amide bonds. The Morgan fingerprint density at radius 3 is 2.58 bits per heavy atom. The molecule has 2 aromatic carbocycles. The van der Waals surface area contributed by atoms with Gasteiger partial charge in [-0.05, 0) is 50.2 Å². The minimum Gasteiger partial charge on any atom is -0.492 e. The first-order chi connectivity index (χ1) is 12.6. The number of halogens is 1. The minimum absolute atomic E-state index is 0.319. The molecule has 0 aliphatic heterocycles. The topological polar surface area (TPSA) is 64.1 Å². The number of carbonyl (C=O) groups excluding carboxylic acids is 1. The maximum atomic E-state index is 13.0. The van der Waals surface area contributed by atoms with Gasteiger partial charge in [0.05, 0.1) is 23.6 Å². The highest BCUT2D eigenvalue weighted by atomic mass is 19.1. The van der Waals surface area contributed by atoms with E-state index in [4.69, 9.17) is 4.74 Å². The Labute approximate surface area is 150 Å². The number of ether oxygens (including phenoxy) is 1. The Morgan fingerprint density at radius 1 is 1.15 bits per heavy atom. The summed E-state index contributed by atoms with van der Waals surface area (Å²) in [6.07, 6.45) is 1.47. The van der Waals surface area contributed by atoms with Gasteiger partial charge in [-0.25, -0.2) is 14.4 Å². The van der Waals surface area contributed by atoms with Crippen molar-refractivity contribution in [1.29, 1.82) is 0 Å². The first-order valence-electron chi connectivity index (χ1n) is 8.21. The van der Waals surface area contributed by atoms with Crippen LogP contribution in [0.5, 0.6) is 5.75 Å².